The number of hydrogen-bond donors (Lipinski definition) is 2. The number of aliphatic carboxylic acids is 1. The number of nitrogens with one attached hydrogen (secondary N) is 1. The Bertz CT molecular complexity index is 406. The summed E-state index contributed by atoms with van der Waals surface area (Å²) >= 11 is 0. The zero-order chi connectivity index (χ0) is 12.6. The van der Waals surface area contributed by atoms with Crippen molar-refractivity contribution in [2.75, 3.05) is 6.54 Å². The van der Waals surface area contributed by atoms with E-state index in [-0.39, 0.29) is 37.6 Å². The minimum absolute atomic E-state index is 0.0421. The van der Waals surface area contributed by atoms with Gasteiger partial charge in [-0.3, -0.25) is 24.5 Å². The van der Waals surface area contributed by atoms with E-state index in [0.717, 1.165) is 0 Å². The van der Waals surface area contributed by atoms with Crippen LogP contribution < -0.4 is 5.32 Å². The fourth-order valence-corrected chi connectivity index (χ4v) is 2.18. The molecule has 0 aromatic carbocycles. The van der Waals surface area contributed by atoms with Crippen molar-refractivity contribution in [2.45, 2.75) is 25.3 Å². The van der Waals surface area contributed by atoms with Gasteiger partial charge in [-0.1, -0.05) is 0 Å². The van der Waals surface area contributed by atoms with Gasteiger partial charge in [-0.2, -0.15) is 0 Å². The summed E-state index contributed by atoms with van der Waals surface area (Å²) in [4.78, 5) is 46.2. The van der Waals surface area contributed by atoms with Crippen LogP contribution in [0, 0.1) is 5.92 Å². The molecule has 7 heteroatoms. The van der Waals surface area contributed by atoms with Crippen LogP contribution in [0.15, 0.2) is 0 Å². The second kappa shape index (κ2) is 4.15. The van der Waals surface area contributed by atoms with Gasteiger partial charge in [0.05, 0.1) is 5.92 Å². The molecule has 0 aliphatic carbocycles. The highest BCUT2D eigenvalue weighted by molar-refractivity contribution is 6.02. The Morgan fingerprint density at radius 3 is 2.59 bits per heavy atom. The highest BCUT2D eigenvalue weighted by Crippen LogP contribution is 2.23. The SMILES string of the molecule is O=C1CCC(N2CC(C(=O)O)CC2=O)C(=O)N1. The van der Waals surface area contributed by atoms with Crippen LogP contribution in [0.2, 0.25) is 0 Å². The van der Waals surface area contributed by atoms with Crippen molar-refractivity contribution >= 4 is 23.7 Å². The molecule has 0 aromatic heterocycles. The molecule has 0 radical (unpaired) electrons. The molecule has 92 valence electrons. The Morgan fingerprint density at radius 2 is 2.06 bits per heavy atom. The van der Waals surface area contributed by atoms with Gasteiger partial charge < -0.3 is 10.0 Å². The first-order chi connectivity index (χ1) is 7.99. The molecular weight excluding hydrogens is 228 g/mol. The molecule has 2 fully saturated rings. The summed E-state index contributed by atoms with van der Waals surface area (Å²) in [5.41, 5.74) is 0. The topological polar surface area (TPSA) is 104 Å². The van der Waals surface area contributed by atoms with E-state index >= 15 is 0 Å². The lowest BCUT2D eigenvalue weighted by molar-refractivity contribution is -0.144. The van der Waals surface area contributed by atoms with E-state index in [1.54, 1.807) is 0 Å². The predicted molar refractivity (Wildman–Crippen MR) is 53.6 cm³/mol. The standard InChI is InChI=1S/C10H12N2O5/c13-7-2-1-6(9(15)11-7)12-4-5(10(16)17)3-8(12)14/h5-6H,1-4H2,(H,16,17)(H,11,13,15). The van der Waals surface area contributed by atoms with E-state index in [0.29, 0.717) is 0 Å². The van der Waals surface area contributed by atoms with Gasteiger partial charge in [0.25, 0.3) is 0 Å². The van der Waals surface area contributed by atoms with Gasteiger partial charge in [0.15, 0.2) is 0 Å². The van der Waals surface area contributed by atoms with Crippen LogP contribution in [0.3, 0.4) is 0 Å². The van der Waals surface area contributed by atoms with Gasteiger partial charge >= 0.3 is 5.97 Å². The monoisotopic (exact) mass is 240 g/mol. The van der Waals surface area contributed by atoms with Crippen molar-refractivity contribution in [3.63, 3.8) is 0 Å². The molecule has 2 aliphatic heterocycles. The van der Waals surface area contributed by atoms with Gasteiger partial charge in [0, 0.05) is 19.4 Å². The number of carbonyl (C=O) groups excluding carboxylic acids is 3. The Morgan fingerprint density at radius 1 is 1.35 bits per heavy atom. The summed E-state index contributed by atoms with van der Waals surface area (Å²) < 4.78 is 0. The maximum Gasteiger partial charge on any atom is 0.308 e. The van der Waals surface area contributed by atoms with E-state index in [9.17, 15) is 19.2 Å². The number of hydrogen-bond acceptors (Lipinski definition) is 4. The number of piperidine rings is 1. The number of likely N-dealkylation sites (tertiary alicyclic amines) is 1. The van der Waals surface area contributed by atoms with Crippen molar-refractivity contribution in [2.24, 2.45) is 5.92 Å². The number of rotatable bonds is 2. The van der Waals surface area contributed by atoms with Crippen LogP contribution in [0.4, 0.5) is 0 Å². The van der Waals surface area contributed by atoms with E-state index < -0.39 is 23.8 Å². The van der Waals surface area contributed by atoms with Crippen molar-refractivity contribution in [1.29, 1.82) is 0 Å². The molecule has 2 heterocycles. The summed E-state index contributed by atoms with van der Waals surface area (Å²) in [6.45, 7) is 0.0421. The van der Waals surface area contributed by atoms with Gasteiger partial charge in [0.2, 0.25) is 17.7 Å². The lowest BCUT2D eigenvalue weighted by Crippen LogP contribution is -2.53. The number of carbonyl (C=O) groups is 4. The van der Waals surface area contributed by atoms with Crippen molar-refractivity contribution in [1.82, 2.24) is 10.2 Å². The van der Waals surface area contributed by atoms with Gasteiger partial charge in [-0.15, -0.1) is 0 Å². The summed E-state index contributed by atoms with van der Waals surface area (Å²) in [5, 5.41) is 11.0. The molecular formula is C10H12N2O5. The normalized spacial score (nSPS) is 29.4. The maximum atomic E-state index is 11.6. The molecule has 17 heavy (non-hydrogen) atoms. The quantitative estimate of drug-likeness (QED) is 0.585. The fourth-order valence-electron chi connectivity index (χ4n) is 2.18. The Labute approximate surface area is 96.8 Å². The summed E-state index contributed by atoms with van der Waals surface area (Å²) in [6.07, 6.45) is 0.369. The summed E-state index contributed by atoms with van der Waals surface area (Å²) in [5.74, 6) is -3.00. The number of imide groups is 1. The van der Waals surface area contributed by atoms with Crippen LogP contribution in [0.25, 0.3) is 0 Å². The summed E-state index contributed by atoms with van der Waals surface area (Å²) in [7, 11) is 0. The van der Waals surface area contributed by atoms with E-state index in [1.807, 2.05) is 0 Å². The molecule has 0 bridgehead atoms. The smallest absolute Gasteiger partial charge is 0.308 e. The lowest BCUT2D eigenvalue weighted by atomic mass is 10.0. The van der Waals surface area contributed by atoms with Crippen LogP contribution >= 0.6 is 0 Å². The summed E-state index contributed by atoms with van der Waals surface area (Å²) in [6, 6.07) is -0.704. The number of carboxylic acids is 1. The van der Waals surface area contributed by atoms with E-state index in [1.165, 1.54) is 4.90 Å². The largest absolute Gasteiger partial charge is 0.481 e. The van der Waals surface area contributed by atoms with Gasteiger partial charge in [-0.25, -0.2) is 0 Å². The molecule has 0 aromatic rings. The van der Waals surface area contributed by atoms with Gasteiger partial charge in [0.1, 0.15) is 6.04 Å². The molecule has 2 atom stereocenters. The predicted octanol–water partition coefficient (Wildman–Crippen LogP) is -1.28. The first kappa shape index (κ1) is 11.6. The Hall–Kier alpha value is -1.92. The Kier molecular flexibility index (Phi) is 2.83. The fraction of sp³-hybridized carbons (Fsp3) is 0.600. The highest BCUT2D eigenvalue weighted by atomic mass is 16.4. The van der Waals surface area contributed by atoms with Crippen LogP contribution in [-0.4, -0.2) is 46.3 Å². The Balaban J connectivity index is 2.08. The third-order valence-corrected chi connectivity index (χ3v) is 3.09. The molecule has 3 amide bonds. The molecule has 2 aliphatic rings. The second-order valence-electron chi connectivity index (χ2n) is 4.25. The number of amides is 3. The van der Waals surface area contributed by atoms with E-state index in [4.69, 9.17) is 5.11 Å². The minimum Gasteiger partial charge on any atom is -0.481 e. The third-order valence-electron chi connectivity index (χ3n) is 3.09. The zero-order valence-electron chi connectivity index (χ0n) is 9.01. The minimum atomic E-state index is -1.03. The molecule has 2 rings (SSSR count). The van der Waals surface area contributed by atoms with Crippen LogP contribution in [0.1, 0.15) is 19.3 Å². The molecule has 0 saturated carbocycles. The average molecular weight is 240 g/mol. The molecule has 2 saturated heterocycles. The average Bonchev–Trinajstić information content (AvgIpc) is 2.61. The number of carboxylic acid groups (broad SMARTS) is 1. The van der Waals surface area contributed by atoms with Crippen molar-refractivity contribution in [3.8, 4) is 0 Å². The molecule has 7 nitrogen and oxygen atoms in total. The molecule has 2 N–H and O–H groups in total. The highest BCUT2D eigenvalue weighted by Gasteiger charge is 2.42. The van der Waals surface area contributed by atoms with Crippen LogP contribution in [0.5, 0.6) is 0 Å². The van der Waals surface area contributed by atoms with Crippen LogP contribution in [-0.2, 0) is 19.2 Å². The number of nitrogens with zero attached hydrogens (tertiary/aromatic N) is 1. The first-order valence-corrected chi connectivity index (χ1v) is 5.35. The van der Waals surface area contributed by atoms with Crippen molar-refractivity contribution < 1.29 is 24.3 Å². The molecule has 2 unspecified atom stereocenters. The zero-order valence-corrected chi connectivity index (χ0v) is 9.01. The van der Waals surface area contributed by atoms with Gasteiger partial charge in [-0.05, 0) is 6.42 Å². The molecule has 0 spiro atoms. The third kappa shape index (κ3) is 2.13. The maximum absolute atomic E-state index is 11.6. The first-order valence-electron chi connectivity index (χ1n) is 5.35. The van der Waals surface area contributed by atoms with E-state index in [2.05, 4.69) is 5.32 Å². The van der Waals surface area contributed by atoms with Crippen molar-refractivity contribution in [3.05, 3.63) is 0 Å². The second-order valence-corrected chi connectivity index (χ2v) is 4.25. The lowest BCUT2D eigenvalue weighted by Gasteiger charge is -2.29.